The van der Waals surface area contributed by atoms with Crippen molar-refractivity contribution in [3.8, 4) is 0 Å². The van der Waals surface area contributed by atoms with Gasteiger partial charge in [0.25, 0.3) is 12.3 Å². The average molecular weight is 186 g/mol. The van der Waals surface area contributed by atoms with Gasteiger partial charge in [0.1, 0.15) is 0 Å². The number of nitrogens with one attached hydrogen (secondary N) is 1. The molecule has 3 N–H and O–H groups in total. The lowest BCUT2D eigenvalue weighted by Gasteiger charge is -2.05. The molecule has 0 aromatic heterocycles. The zero-order valence-electron chi connectivity index (χ0n) is 6.63. The van der Waals surface area contributed by atoms with Crippen LogP contribution in [0.15, 0.2) is 24.3 Å². The highest BCUT2D eigenvalue weighted by atomic mass is 19.3. The molecular formula is C8H8F2N2O. The molecule has 0 saturated heterocycles. The van der Waals surface area contributed by atoms with Gasteiger partial charge in [-0.2, -0.15) is 0 Å². The van der Waals surface area contributed by atoms with E-state index >= 15 is 0 Å². The molecule has 0 aliphatic rings. The van der Waals surface area contributed by atoms with E-state index in [9.17, 15) is 13.6 Å². The molecule has 70 valence electrons. The number of hydrazine groups is 1. The molecule has 3 nitrogen and oxygen atoms in total. The van der Waals surface area contributed by atoms with Gasteiger partial charge in [-0.1, -0.05) is 18.2 Å². The Morgan fingerprint density at radius 1 is 1.38 bits per heavy atom. The normalized spacial score (nSPS) is 10.2. The highest BCUT2D eigenvalue weighted by molar-refractivity contribution is 5.95. The van der Waals surface area contributed by atoms with E-state index in [0.29, 0.717) is 0 Å². The van der Waals surface area contributed by atoms with Gasteiger partial charge in [0.05, 0.1) is 0 Å². The Hall–Kier alpha value is -1.49. The van der Waals surface area contributed by atoms with Crippen LogP contribution in [-0.4, -0.2) is 5.91 Å². The van der Waals surface area contributed by atoms with Gasteiger partial charge in [0.15, 0.2) is 0 Å². The molecule has 13 heavy (non-hydrogen) atoms. The number of rotatable bonds is 2. The second-order valence-electron chi connectivity index (χ2n) is 2.36. The lowest BCUT2D eigenvalue weighted by atomic mass is 10.1. The number of carbonyl (C=O) groups excluding carboxylic acids is 1. The molecule has 0 aliphatic carbocycles. The summed E-state index contributed by atoms with van der Waals surface area (Å²) in [6.07, 6.45) is -2.67. The predicted molar refractivity (Wildman–Crippen MR) is 43.1 cm³/mol. The lowest BCUT2D eigenvalue weighted by Crippen LogP contribution is -2.30. The minimum Gasteiger partial charge on any atom is -0.290 e. The molecule has 0 fully saturated rings. The fourth-order valence-corrected chi connectivity index (χ4v) is 0.972. The van der Waals surface area contributed by atoms with Crippen LogP contribution in [0.3, 0.4) is 0 Å². The number of hydrogen-bond acceptors (Lipinski definition) is 2. The molecule has 1 aromatic rings. The molecule has 1 rings (SSSR count). The molecule has 5 heteroatoms. The Labute approximate surface area is 73.5 Å². The van der Waals surface area contributed by atoms with Crippen LogP contribution in [0.25, 0.3) is 0 Å². The standard InChI is InChI=1S/C8H8F2N2O/c9-7(10)5-3-1-2-4-6(5)8(13)12-11/h1-4,7H,11H2,(H,12,13). The Kier molecular flexibility index (Phi) is 2.92. The molecule has 0 bridgehead atoms. The van der Waals surface area contributed by atoms with Gasteiger partial charge in [-0.25, -0.2) is 14.6 Å². The van der Waals surface area contributed by atoms with Gasteiger partial charge < -0.3 is 0 Å². The molecule has 0 atom stereocenters. The summed E-state index contributed by atoms with van der Waals surface area (Å²) in [5, 5.41) is 0. The van der Waals surface area contributed by atoms with Crippen LogP contribution in [-0.2, 0) is 0 Å². The number of hydrogen-bond donors (Lipinski definition) is 2. The van der Waals surface area contributed by atoms with Gasteiger partial charge in [0.2, 0.25) is 0 Å². The van der Waals surface area contributed by atoms with Gasteiger partial charge >= 0.3 is 0 Å². The van der Waals surface area contributed by atoms with E-state index in [4.69, 9.17) is 5.84 Å². The number of halogens is 2. The Bertz CT molecular complexity index is 315. The Morgan fingerprint density at radius 3 is 2.54 bits per heavy atom. The smallest absolute Gasteiger partial charge is 0.265 e. The van der Waals surface area contributed by atoms with Crippen LogP contribution in [0.1, 0.15) is 22.3 Å². The largest absolute Gasteiger partial charge is 0.290 e. The molecule has 0 unspecified atom stereocenters. The molecule has 1 aromatic carbocycles. The second kappa shape index (κ2) is 3.95. The van der Waals surface area contributed by atoms with Crippen LogP contribution < -0.4 is 11.3 Å². The molecule has 0 heterocycles. The minimum absolute atomic E-state index is 0.0972. The number of carbonyl (C=O) groups is 1. The third-order valence-electron chi connectivity index (χ3n) is 1.57. The van der Waals surface area contributed by atoms with Crippen molar-refractivity contribution >= 4 is 5.91 Å². The molecule has 0 aliphatic heterocycles. The molecular weight excluding hydrogens is 178 g/mol. The zero-order valence-corrected chi connectivity index (χ0v) is 6.63. The fraction of sp³-hybridized carbons (Fsp3) is 0.125. The van der Waals surface area contributed by atoms with Crippen LogP contribution in [0, 0.1) is 0 Å². The van der Waals surface area contributed by atoms with Gasteiger partial charge in [-0.15, -0.1) is 0 Å². The summed E-state index contributed by atoms with van der Waals surface area (Å²) < 4.78 is 24.6. The molecule has 0 spiro atoms. The maximum absolute atomic E-state index is 12.3. The first-order valence-electron chi connectivity index (χ1n) is 3.55. The van der Waals surface area contributed by atoms with Crippen molar-refractivity contribution in [2.75, 3.05) is 0 Å². The van der Waals surface area contributed by atoms with E-state index in [2.05, 4.69) is 0 Å². The van der Waals surface area contributed by atoms with E-state index in [-0.39, 0.29) is 11.1 Å². The van der Waals surface area contributed by atoms with Crippen molar-refractivity contribution in [2.45, 2.75) is 6.43 Å². The predicted octanol–water partition coefficient (Wildman–Crippen LogP) is 1.23. The first-order chi connectivity index (χ1) is 6.16. The number of amides is 1. The van der Waals surface area contributed by atoms with Crippen molar-refractivity contribution < 1.29 is 13.6 Å². The van der Waals surface area contributed by atoms with Crippen LogP contribution in [0.4, 0.5) is 8.78 Å². The average Bonchev–Trinajstić information content (AvgIpc) is 2.16. The van der Waals surface area contributed by atoms with E-state index in [0.717, 1.165) is 0 Å². The first kappa shape index (κ1) is 9.60. The van der Waals surface area contributed by atoms with E-state index < -0.39 is 12.3 Å². The first-order valence-corrected chi connectivity index (χ1v) is 3.55. The third kappa shape index (κ3) is 2.00. The maximum Gasteiger partial charge on any atom is 0.265 e. The van der Waals surface area contributed by atoms with Gasteiger partial charge in [-0.05, 0) is 6.07 Å². The SMILES string of the molecule is NNC(=O)c1ccccc1C(F)F. The zero-order chi connectivity index (χ0) is 9.84. The molecule has 1 amide bonds. The van der Waals surface area contributed by atoms with Crippen molar-refractivity contribution in [3.63, 3.8) is 0 Å². The van der Waals surface area contributed by atoms with Crippen LogP contribution in [0.5, 0.6) is 0 Å². The monoisotopic (exact) mass is 186 g/mol. The summed E-state index contributed by atoms with van der Waals surface area (Å²) in [6.45, 7) is 0. The summed E-state index contributed by atoms with van der Waals surface area (Å²) in [5.41, 5.74) is 1.39. The van der Waals surface area contributed by atoms with Crippen molar-refractivity contribution in [3.05, 3.63) is 35.4 Å². The van der Waals surface area contributed by atoms with Crippen molar-refractivity contribution in [2.24, 2.45) is 5.84 Å². The van der Waals surface area contributed by atoms with Crippen LogP contribution in [0.2, 0.25) is 0 Å². The third-order valence-corrected chi connectivity index (χ3v) is 1.57. The Balaban J connectivity index is 3.12. The maximum atomic E-state index is 12.3. The van der Waals surface area contributed by atoms with E-state index in [1.165, 1.54) is 24.3 Å². The lowest BCUT2D eigenvalue weighted by molar-refractivity contribution is 0.0940. The Morgan fingerprint density at radius 2 is 2.00 bits per heavy atom. The summed E-state index contributed by atoms with van der Waals surface area (Å²) in [7, 11) is 0. The molecule has 0 radical (unpaired) electrons. The van der Waals surface area contributed by atoms with E-state index in [1.54, 1.807) is 5.43 Å². The van der Waals surface area contributed by atoms with Crippen LogP contribution >= 0.6 is 0 Å². The summed E-state index contributed by atoms with van der Waals surface area (Å²) in [6, 6.07) is 5.42. The number of benzene rings is 1. The van der Waals surface area contributed by atoms with Gasteiger partial charge in [-0.3, -0.25) is 10.2 Å². The highest BCUT2D eigenvalue weighted by Gasteiger charge is 2.16. The quantitative estimate of drug-likeness (QED) is 0.414. The highest BCUT2D eigenvalue weighted by Crippen LogP contribution is 2.22. The summed E-state index contributed by atoms with van der Waals surface area (Å²) in [4.78, 5) is 11.0. The fourth-order valence-electron chi connectivity index (χ4n) is 0.972. The molecule has 0 saturated carbocycles. The number of nitrogen functional groups attached to an aromatic ring is 1. The number of alkyl halides is 2. The minimum atomic E-state index is -2.67. The van der Waals surface area contributed by atoms with Gasteiger partial charge in [0, 0.05) is 11.1 Å². The topological polar surface area (TPSA) is 55.1 Å². The summed E-state index contributed by atoms with van der Waals surface area (Å²) in [5.74, 6) is 4.12. The second-order valence-corrected chi connectivity index (χ2v) is 2.36. The van der Waals surface area contributed by atoms with Crippen molar-refractivity contribution in [1.29, 1.82) is 0 Å². The number of nitrogens with two attached hydrogens (primary N) is 1. The van der Waals surface area contributed by atoms with E-state index in [1.807, 2.05) is 0 Å². The van der Waals surface area contributed by atoms with Crippen molar-refractivity contribution in [1.82, 2.24) is 5.43 Å². The summed E-state index contributed by atoms with van der Waals surface area (Å²) >= 11 is 0.